The molecule has 1 aliphatic rings. The molecule has 0 bridgehead atoms. The van der Waals surface area contributed by atoms with Crippen molar-refractivity contribution in [2.24, 2.45) is 11.7 Å². The van der Waals surface area contributed by atoms with E-state index in [9.17, 15) is 4.39 Å². The van der Waals surface area contributed by atoms with Crippen molar-refractivity contribution in [3.05, 3.63) is 29.6 Å². The van der Waals surface area contributed by atoms with Crippen LogP contribution >= 0.6 is 0 Å². The Morgan fingerprint density at radius 1 is 1.40 bits per heavy atom. The molecule has 3 heteroatoms. The van der Waals surface area contributed by atoms with Crippen LogP contribution in [-0.4, -0.2) is 6.61 Å². The zero-order valence-corrected chi connectivity index (χ0v) is 8.71. The lowest BCUT2D eigenvalue weighted by molar-refractivity contribution is 0.301. The minimum atomic E-state index is -0.276. The van der Waals surface area contributed by atoms with E-state index in [-0.39, 0.29) is 12.4 Å². The van der Waals surface area contributed by atoms with Crippen LogP contribution in [0.1, 0.15) is 24.8 Å². The molecule has 0 saturated heterocycles. The normalized spacial score (nSPS) is 15.3. The average Bonchev–Trinajstić information content (AvgIpc) is 3.02. The molecule has 0 aromatic heterocycles. The predicted octanol–water partition coefficient (Wildman–Crippen LogP) is 2.46. The molecule has 1 saturated carbocycles. The van der Waals surface area contributed by atoms with E-state index in [2.05, 4.69) is 0 Å². The number of ether oxygens (including phenoxy) is 1. The van der Waals surface area contributed by atoms with Crippen molar-refractivity contribution < 1.29 is 9.13 Å². The minimum absolute atomic E-state index is 0.230. The molecule has 2 N–H and O–H groups in total. The molecular formula is C12H16FNO. The van der Waals surface area contributed by atoms with Crippen molar-refractivity contribution in [1.29, 1.82) is 0 Å². The number of hydrogen-bond acceptors (Lipinski definition) is 2. The lowest BCUT2D eigenvalue weighted by Crippen LogP contribution is -2.02. The summed E-state index contributed by atoms with van der Waals surface area (Å²) < 4.78 is 18.7. The highest BCUT2D eigenvalue weighted by Crippen LogP contribution is 2.32. The highest BCUT2D eigenvalue weighted by atomic mass is 19.1. The Bertz CT molecular complexity index is 336. The lowest BCUT2D eigenvalue weighted by Gasteiger charge is -2.07. The van der Waals surface area contributed by atoms with Gasteiger partial charge in [0.15, 0.2) is 0 Å². The maximum Gasteiger partial charge on any atom is 0.131 e. The van der Waals surface area contributed by atoms with Crippen LogP contribution in [0.4, 0.5) is 4.39 Å². The third-order valence-corrected chi connectivity index (χ3v) is 2.74. The summed E-state index contributed by atoms with van der Waals surface area (Å²) in [6.07, 6.45) is 3.73. The van der Waals surface area contributed by atoms with Crippen LogP contribution in [0.25, 0.3) is 0 Å². The van der Waals surface area contributed by atoms with Crippen molar-refractivity contribution in [1.82, 2.24) is 0 Å². The van der Waals surface area contributed by atoms with E-state index >= 15 is 0 Å². The number of nitrogens with two attached hydrogens (primary N) is 1. The summed E-state index contributed by atoms with van der Waals surface area (Å²) in [7, 11) is 0. The van der Waals surface area contributed by atoms with E-state index in [1.165, 1.54) is 18.9 Å². The van der Waals surface area contributed by atoms with Gasteiger partial charge in [-0.2, -0.15) is 0 Å². The summed E-state index contributed by atoms with van der Waals surface area (Å²) in [6, 6.07) is 4.87. The molecule has 82 valence electrons. The number of hydrogen-bond donors (Lipinski definition) is 1. The molecule has 0 spiro atoms. The second-order valence-corrected chi connectivity index (χ2v) is 4.04. The number of rotatable bonds is 5. The van der Waals surface area contributed by atoms with Crippen LogP contribution in [0.3, 0.4) is 0 Å². The second-order valence-electron chi connectivity index (χ2n) is 4.04. The van der Waals surface area contributed by atoms with Crippen LogP contribution < -0.4 is 10.5 Å². The Kier molecular flexibility index (Phi) is 3.21. The quantitative estimate of drug-likeness (QED) is 0.808. The lowest BCUT2D eigenvalue weighted by atomic mass is 10.2. The molecule has 2 nitrogen and oxygen atoms in total. The molecule has 1 fully saturated rings. The van der Waals surface area contributed by atoms with E-state index < -0.39 is 0 Å². The molecule has 15 heavy (non-hydrogen) atoms. The monoisotopic (exact) mass is 209 g/mol. The zero-order chi connectivity index (χ0) is 10.7. The third-order valence-electron chi connectivity index (χ3n) is 2.74. The predicted molar refractivity (Wildman–Crippen MR) is 57.1 cm³/mol. The SMILES string of the molecule is NCc1ccc(OCCC2CC2)cc1F. The van der Waals surface area contributed by atoms with Gasteiger partial charge in [-0.1, -0.05) is 18.9 Å². The maximum absolute atomic E-state index is 13.3. The fourth-order valence-corrected chi connectivity index (χ4v) is 1.53. The van der Waals surface area contributed by atoms with Crippen molar-refractivity contribution in [3.8, 4) is 5.75 Å². The van der Waals surface area contributed by atoms with Gasteiger partial charge in [0, 0.05) is 18.2 Å². The summed E-state index contributed by atoms with van der Waals surface area (Å²) in [5, 5.41) is 0. The van der Waals surface area contributed by atoms with Crippen LogP contribution in [0.2, 0.25) is 0 Å². The van der Waals surface area contributed by atoms with Gasteiger partial charge in [-0.15, -0.1) is 0 Å². The van der Waals surface area contributed by atoms with E-state index in [1.54, 1.807) is 12.1 Å². The first kappa shape index (κ1) is 10.4. The van der Waals surface area contributed by atoms with Gasteiger partial charge < -0.3 is 10.5 Å². The summed E-state index contributed by atoms with van der Waals surface area (Å²) in [5.41, 5.74) is 5.90. The Balaban J connectivity index is 1.87. The Hall–Kier alpha value is -1.09. The summed E-state index contributed by atoms with van der Waals surface area (Å²) in [5.74, 6) is 1.17. The summed E-state index contributed by atoms with van der Waals surface area (Å²) >= 11 is 0. The van der Waals surface area contributed by atoms with Gasteiger partial charge in [0.05, 0.1) is 6.61 Å². The Morgan fingerprint density at radius 3 is 2.80 bits per heavy atom. The molecule has 2 rings (SSSR count). The van der Waals surface area contributed by atoms with E-state index in [1.807, 2.05) is 0 Å². The summed E-state index contributed by atoms with van der Waals surface area (Å²) in [4.78, 5) is 0. The zero-order valence-electron chi connectivity index (χ0n) is 8.71. The molecule has 0 heterocycles. The first-order chi connectivity index (χ1) is 7.29. The van der Waals surface area contributed by atoms with Crippen LogP contribution in [-0.2, 0) is 6.54 Å². The molecule has 1 aromatic rings. The second kappa shape index (κ2) is 4.62. The number of halogens is 1. The minimum Gasteiger partial charge on any atom is -0.493 e. The fraction of sp³-hybridized carbons (Fsp3) is 0.500. The van der Waals surface area contributed by atoms with Crippen molar-refractivity contribution in [2.75, 3.05) is 6.61 Å². The van der Waals surface area contributed by atoms with Gasteiger partial charge in [-0.25, -0.2) is 4.39 Å². The summed E-state index contributed by atoms with van der Waals surface area (Å²) in [6.45, 7) is 0.917. The van der Waals surface area contributed by atoms with Gasteiger partial charge in [0.2, 0.25) is 0 Å². The molecular weight excluding hydrogens is 193 g/mol. The molecule has 1 aromatic carbocycles. The van der Waals surface area contributed by atoms with Gasteiger partial charge >= 0.3 is 0 Å². The molecule has 0 unspecified atom stereocenters. The molecule has 1 aliphatic carbocycles. The van der Waals surface area contributed by atoms with E-state index in [0.29, 0.717) is 17.9 Å². The fourth-order valence-electron chi connectivity index (χ4n) is 1.53. The topological polar surface area (TPSA) is 35.2 Å². The molecule has 0 aliphatic heterocycles. The van der Waals surface area contributed by atoms with Crippen molar-refractivity contribution >= 4 is 0 Å². The standard InChI is InChI=1S/C12H16FNO/c13-12-7-11(4-3-10(12)8-14)15-6-5-9-1-2-9/h3-4,7,9H,1-2,5-6,8,14H2. The van der Waals surface area contributed by atoms with Crippen molar-refractivity contribution in [3.63, 3.8) is 0 Å². The first-order valence-electron chi connectivity index (χ1n) is 5.41. The molecule has 0 atom stereocenters. The van der Waals surface area contributed by atoms with Crippen molar-refractivity contribution in [2.45, 2.75) is 25.8 Å². The highest BCUT2D eigenvalue weighted by Gasteiger charge is 2.20. The van der Waals surface area contributed by atoms with Gasteiger partial charge in [0.1, 0.15) is 11.6 Å². The Labute approximate surface area is 89.2 Å². The van der Waals surface area contributed by atoms with E-state index in [4.69, 9.17) is 10.5 Å². The van der Waals surface area contributed by atoms with Gasteiger partial charge in [-0.05, 0) is 18.4 Å². The van der Waals surface area contributed by atoms with Crippen LogP contribution in [0, 0.1) is 11.7 Å². The van der Waals surface area contributed by atoms with Gasteiger partial charge in [-0.3, -0.25) is 0 Å². The Morgan fingerprint density at radius 2 is 2.20 bits per heavy atom. The smallest absolute Gasteiger partial charge is 0.131 e. The average molecular weight is 209 g/mol. The van der Waals surface area contributed by atoms with Crippen LogP contribution in [0.15, 0.2) is 18.2 Å². The van der Waals surface area contributed by atoms with E-state index in [0.717, 1.165) is 12.3 Å². The third kappa shape index (κ3) is 2.93. The van der Waals surface area contributed by atoms with Gasteiger partial charge in [0.25, 0.3) is 0 Å². The van der Waals surface area contributed by atoms with Crippen LogP contribution in [0.5, 0.6) is 5.75 Å². The maximum atomic E-state index is 13.3. The molecule has 0 amide bonds. The largest absolute Gasteiger partial charge is 0.493 e. The molecule has 0 radical (unpaired) electrons. The first-order valence-corrected chi connectivity index (χ1v) is 5.41. The number of benzene rings is 1. The highest BCUT2D eigenvalue weighted by molar-refractivity contribution is 5.28.